The van der Waals surface area contributed by atoms with Gasteiger partial charge in [-0.1, -0.05) is 32.4 Å². The van der Waals surface area contributed by atoms with Gasteiger partial charge in [0.25, 0.3) is 0 Å². The van der Waals surface area contributed by atoms with Crippen LogP contribution in [0.15, 0.2) is 6.20 Å². The van der Waals surface area contributed by atoms with Gasteiger partial charge in [-0.2, -0.15) is 0 Å². The van der Waals surface area contributed by atoms with Crippen LogP contribution in [0, 0.1) is 5.92 Å². The van der Waals surface area contributed by atoms with Crippen LogP contribution < -0.4 is 0 Å². The maximum Gasteiger partial charge on any atom is 0.135 e. The molecule has 1 aromatic rings. The molecule has 0 bridgehead atoms. The number of aromatic nitrogens is 3. The fraction of sp³-hybridized carbons (Fsp3) is 0.750. The smallest absolute Gasteiger partial charge is 0.135 e. The molecule has 4 nitrogen and oxygen atoms in total. The van der Waals surface area contributed by atoms with E-state index in [0.717, 1.165) is 31.5 Å². The Morgan fingerprint density at radius 2 is 2.25 bits per heavy atom. The van der Waals surface area contributed by atoms with Gasteiger partial charge in [-0.05, 0) is 12.8 Å². The van der Waals surface area contributed by atoms with Crippen LogP contribution in [0.3, 0.4) is 0 Å². The summed E-state index contributed by atoms with van der Waals surface area (Å²) in [6.45, 7) is 6.80. The van der Waals surface area contributed by atoms with E-state index in [1.54, 1.807) is 0 Å². The quantitative estimate of drug-likeness (QED) is 0.712. The number of Topliss-reactive ketones (excluding diaryl/α,β-unsaturated/α-hetero) is 1. The van der Waals surface area contributed by atoms with E-state index in [0.29, 0.717) is 12.2 Å². The number of nitrogens with zero attached hydrogens (tertiary/aromatic N) is 3. The first kappa shape index (κ1) is 12.9. The molecule has 0 saturated heterocycles. The summed E-state index contributed by atoms with van der Waals surface area (Å²) < 4.78 is 1.83. The van der Waals surface area contributed by atoms with E-state index in [9.17, 15) is 4.79 Å². The molecule has 1 aromatic heterocycles. The van der Waals surface area contributed by atoms with Crippen LogP contribution in [-0.2, 0) is 17.8 Å². The Hall–Kier alpha value is -1.19. The molecule has 0 aliphatic heterocycles. The largest absolute Gasteiger partial charge is 0.299 e. The topological polar surface area (TPSA) is 47.8 Å². The summed E-state index contributed by atoms with van der Waals surface area (Å²) in [4.78, 5) is 11.4. The lowest BCUT2D eigenvalue weighted by Crippen LogP contribution is -2.08. The van der Waals surface area contributed by atoms with E-state index in [-0.39, 0.29) is 5.92 Å². The molecule has 90 valence electrons. The SMILES string of the molecule is CCCc1cn(CCCC(=O)C(C)C)nn1. The van der Waals surface area contributed by atoms with Crippen LogP contribution in [-0.4, -0.2) is 20.8 Å². The highest BCUT2D eigenvalue weighted by Crippen LogP contribution is 2.04. The van der Waals surface area contributed by atoms with Crippen molar-refractivity contribution in [1.29, 1.82) is 0 Å². The number of hydrogen-bond donors (Lipinski definition) is 0. The molecule has 4 heteroatoms. The van der Waals surface area contributed by atoms with Gasteiger partial charge in [-0.3, -0.25) is 9.48 Å². The normalized spacial score (nSPS) is 11.0. The van der Waals surface area contributed by atoms with Crippen molar-refractivity contribution in [3.05, 3.63) is 11.9 Å². The first-order valence-corrected chi connectivity index (χ1v) is 6.05. The molecule has 0 atom stereocenters. The van der Waals surface area contributed by atoms with Crippen LogP contribution in [0.25, 0.3) is 0 Å². The van der Waals surface area contributed by atoms with E-state index in [1.165, 1.54) is 0 Å². The zero-order chi connectivity index (χ0) is 12.0. The highest BCUT2D eigenvalue weighted by molar-refractivity contribution is 5.80. The summed E-state index contributed by atoms with van der Waals surface area (Å²) in [7, 11) is 0. The lowest BCUT2D eigenvalue weighted by molar-refractivity contribution is -0.122. The number of hydrogen-bond acceptors (Lipinski definition) is 3. The lowest BCUT2D eigenvalue weighted by Gasteiger charge is -2.03. The lowest BCUT2D eigenvalue weighted by atomic mass is 10.1. The molecule has 0 radical (unpaired) electrons. The van der Waals surface area contributed by atoms with Gasteiger partial charge in [-0.25, -0.2) is 0 Å². The monoisotopic (exact) mass is 223 g/mol. The minimum absolute atomic E-state index is 0.145. The number of ketones is 1. The molecular formula is C12H21N3O. The van der Waals surface area contributed by atoms with Crippen LogP contribution >= 0.6 is 0 Å². The number of aryl methyl sites for hydroxylation is 2. The Morgan fingerprint density at radius 1 is 1.50 bits per heavy atom. The Morgan fingerprint density at radius 3 is 2.88 bits per heavy atom. The highest BCUT2D eigenvalue weighted by atomic mass is 16.1. The van der Waals surface area contributed by atoms with Crippen LogP contribution in [0.2, 0.25) is 0 Å². The fourth-order valence-corrected chi connectivity index (χ4v) is 1.52. The molecule has 1 heterocycles. The molecular weight excluding hydrogens is 202 g/mol. The average Bonchev–Trinajstić information content (AvgIpc) is 2.66. The van der Waals surface area contributed by atoms with Crippen molar-refractivity contribution in [3.63, 3.8) is 0 Å². The van der Waals surface area contributed by atoms with Gasteiger partial charge in [0.05, 0.1) is 5.69 Å². The predicted octanol–water partition coefficient (Wildman–Crippen LogP) is 2.24. The summed E-state index contributed by atoms with van der Waals surface area (Å²) in [5, 5.41) is 8.10. The molecule has 0 N–H and O–H groups in total. The van der Waals surface area contributed by atoms with E-state index >= 15 is 0 Å². The van der Waals surface area contributed by atoms with Crippen molar-refractivity contribution in [2.75, 3.05) is 0 Å². The Kier molecular flexibility index (Phi) is 5.15. The fourth-order valence-electron chi connectivity index (χ4n) is 1.52. The maximum absolute atomic E-state index is 11.4. The Bertz CT molecular complexity index is 331. The van der Waals surface area contributed by atoms with Crippen molar-refractivity contribution in [1.82, 2.24) is 15.0 Å². The van der Waals surface area contributed by atoms with Crippen molar-refractivity contribution >= 4 is 5.78 Å². The molecule has 16 heavy (non-hydrogen) atoms. The van der Waals surface area contributed by atoms with Gasteiger partial charge in [0.2, 0.25) is 0 Å². The number of carbonyl (C=O) groups excluding carboxylic acids is 1. The second-order valence-electron chi connectivity index (χ2n) is 4.45. The van der Waals surface area contributed by atoms with E-state index in [2.05, 4.69) is 17.2 Å². The van der Waals surface area contributed by atoms with E-state index in [1.807, 2.05) is 24.7 Å². The zero-order valence-electron chi connectivity index (χ0n) is 10.4. The van der Waals surface area contributed by atoms with Crippen molar-refractivity contribution in [3.8, 4) is 0 Å². The summed E-state index contributed by atoms with van der Waals surface area (Å²) in [6.07, 6.45) is 5.53. The first-order valence-electron chi connectivity index (χ1n) is 6.05. The standard InChI is InChI=1S/C12H21N3O/c1-4-6-11-9-15(14-13-11)8-5-7-12(16)10(2)3/h9-10H,4-8H2,1-3H3. The van der Waals surface area contributed by atoms with Crippen LogP contribution in [0.5, 0.6) is 0 Å². The summed E-state index contributed by atoms with van der Waals surface area (Å²) >= 11 is 0. The predicted molar refractivity (Wildman–Crippen MR) is 63.1 cm³/mol. The minimum atomic E-state index is 0.145. The van der Waals surface area contributed by atoms with Gasteiger partial charge in [-0.15, -0.1) is 5.10 Å². The molecule has 0 aliphatic carbocycles. The van der Waals surface area contributed by atoms with Gasteiger partial charge in [0.1, 0.15) is 5.78 Å². The molecule has 0 amide bonds. The molecule has 0 aliphatic rings. The van der Waals surface area contributed by atoms with Crippen LogP contribution in [0.1, 0.15) is 45.7 Å². The first-order chi connectivity index (χ1) is 7.63. The van der Waals surface area contributed by atoms with Crippen molar-refractivity contribution in [2.45, 2.75) is 53.0 Å². The van der Waals surface area contributed by atoms with Gasteiger partial charge in [0, 0.05) is 25.1 Å². The third-order valence-corrected chi connectivity index (χ3v) is 2.55. The van der Waals surface area contributed by atoms with Gasteiger partial charge < -0.3 is 0 Å². The Labute approximate surface area is 97.0 Å². The molecule has 0 unspecified atom stereocenters. The zero-order valence-corrected chi connectivity index (χ0v) is 10.4. The van der Waals surface area contributed by atoms with Crippen molar-refractivity contribution < 1.29 is 4.79 Å². The van der Waals surface area contributed by atoms with Crippen molar-refractivity contribution in [2.24, 2.45) is 5.92 Å². The third-order valence-electron chi connectivity index (χ3n) is 2.55. The Balaban J connectivity index is 2.29. The van der Waals surface area contributed by atoms with E-state index < -0.39 is 0 Å². The van der Waals surface area contributed by atoms with Crippen LogP contribution in [0.4, 0.5) is 0 Å². The average molecular weight is 223 g/mol. The third kappa shape index (κ3) is 4.13. The maximum atomic E-state index is 11.4. The highest BCUT2D eigenvalue weighted by Gasteiger charge is 2.07. The van der Waals surface area contributed by atoms with Gasteiger partial charge in [0.15, 0.2) is 0 Å². The second-order valence-corrected chi connectivity index (χ2v) is 4.45. The molecule has 0 spiro atoms. The second kappa shape index (κ2) is 6.40. The minimum Gasteiger partial charge on any atom is -0.299 e. The van der Waals surface area contributed by atoms with E-state index in [4.69, 9.17) is 0 Å². The summed E-state index contributed by atoms with van der Waals surface area (Å²) in [5.41, 5.74) is 1.04. The van der Waals surface area contributed by atoms with Gasteiger partial charge >= 0.3 is 0 Å². The number of rotatable bonds is 7. The number of carbonyl (C=O) groups is 1. The molecule has 0 fully saturated rings. The molecule has 0 saturated carbocycles. The summed E-state index contributed by atoms with van der Waals surface area (Å²) in [6, 6.07) is 0. The molecule has 1 rings (SSSR count). The summed E-state index contributed by atoms with van der Waals surface area (Å²) in [5.74, 6) is 0.472. The molecule has 0 aromatic carbocycles.